The van der Waals surface area contributed by atoms with E-state index in [1.807, 2.05) is 6.20 Å². The highest BCUT2D eigenvalue weighted by atomic mass is 32.1. The number of anilines is 4. The number of allylic oxidation sites excluding steroid dienone is 1. The lowest BCUT2D eigenvalue weighted by molar-refractivity contribution is 0.499. The van der Waals surface area contributed by atoms with Crippen molar-refractivity contribution in [2.24, 2.45) is 0 Å². The first-order valence-corrected chi connectivity index (χ1v) is 10.4. The Kier molecular flexibility index (Phi) is 3.79. The minimum absolute atomic E-state index is 0.0534. The summed E-state index contributed by atoms with van der Waals surface area (Å²) in [6, 6.07) is 13.1. The molecule has 136 valence electrons. The molecule has 1 unspecified atom stereocenters. The molecule has 0 aliphatic carbocycles. The molecule has 2 aliphatic rings. The van der Waals surface area contributed by atoms with Crippen LogP contribution >= 0.6 is 11.3 Å². The van der Waals surface area contributed by atoms with Crippen LogP contribution < -0.4 is 9.80 Å². The quantitative estimate of drug-likeness (QED) is 0.544. The Bertz CT molecular complexity index is 991. The van der Waals surface area contributed by atoms with Gasteiger partial charge < -0.3 is 4.90 Å². The predicted octanol–water partition coefficient (Wildman–Crippen LogP) is 5.78. The summed E-state index contributed by atoms with van der Waals surface area (Å²) in [5, 5.41) is 3.32. The fraction of sp³-hybridized carbons (Fsp3) is 0.273. The monoisotopic (exact) mass is 374 g/mol. The van der Waals surface area contributed by atoms with Crippen molar-refractivity contribution in [1.82, 2.24) is 9.97 Å². The first-order valence-electron chi connectivity index (χ1n) is 9.50. The molecule has 0 saturated carbocycles. The summed E-state index contributed by atoms with van der Waals surface area (Å²) in [4.78, 5) is 13.7. The molecule has 0 amide bonds. The number of benzene rings is 1. The van der Waals surface area contributed by atoms with E-state index in [0.717, 1.165) is 24.3 Å². The van der Waals surface area contributed by atoms with E-state index in [4.69, 9.17) is 0 Å². The van der Waals surface area contributed by atoms with E-state index in [0.29, 0.717) is 0 Å². The maximum absolute atomic E-state index is 4.65. The molecule has 3 aromatic rings. The molecule has 27 heavy (non-hydrogen) atoms. The van der Waals surface area contributed by atoms with Gasteiger partial charge >= 0.3 is 0 Å². The molecule has 0 N–H and O–H groups in total. The summed E-state index contributed by atoms with van der Waals surface area (Å²) in [6.07, 6.45) is 10.6. The van der Waals surface area contributed by atoms with E-state index in [1.54, 1.807) is 17.7 Å². The fourth-order valence-corrected chi connectivity index (χ4v) is 5.23. The zero-order valence-electron chi connectivity index (χ0n) is 15.5. The van der Waals surface area contributed by atoms with Crippen LogP contribution in [-0.4, -0.2) is 16.1 Å². The van der Waals surface area contributed by atoms with Gasteiger partial charge in [-0.2, -0.15) is 0 Å². The Morgan fingerprint density at radius 1 is 1.04 bits per heavy atom. The van der Waals surface area contributed by atoms with Crippen LogP contribution in [0.5, 0.6) is 0 Å². The van der Waals surface area contributed by atoms with Gasteiger partial charge in [0, 0.05) is 11.1 Å². The van der Waals surface area contributed by atoms with Gasteiger partial charge in [0.2, 0.25) is 0 Å². The number of rotatable bonds is 3. The second-order valence-electron chi connectivity index (χ2n) is 7.08. The summed E-state index contributed by atoms with van der Waals surface area (Å²) in [5.74, 6) is 0.970. The third-order valence-corrected chi connectivity index (χ3v) is 6.85. The van der Waals surface area contributed by atoms with Gasteiger partial charge in [-0.3, -0.25) is 4.90 Å². The van der Waals surface area contributed by atoms with Gasteiger partial charge in [-0.05, 0) is 48.1 Å². The van der Waals surface area contributed by atoms with Crippen LogP contribution in [0.4, 0.5) is 22.2 Å². The topological polar surface area (TPSA) is 32.3 Å². The molecule has 5 heteroatoms. The Morgan fingerprint density at radius 2 is 1.89 bits per heavy atom. The minimum atomic E-state index is 0.0534. The average molecular weight is 375 g/mol. The molecule has 2 aromatic heterocycles. The predicted molar refractivity (Wildman–Crippen MR) is 112 cm³/mol. The molecule has 1 atom stereocenters. The van der Waals surface area contributed by atoms with Crippen molar-refractivity contribution in [3.05, 3.63) is 72.0 Å². The second-order valence-corrected chi connectivity index (χ2v) is 8.00. The Balaban J connectivity index is 1.79. The van der Waals surface area contributed by atoms with Gasteiger partial charge in [0.15, 0.2) is 5.82 Å². The molecule has 0 spiro atoms. The zero-order chi connectivity index (χ0) is 18.4. The molecule has 4 nitrogen and oxygen atoms in total. The summed E-state index contributed by atoms with van der Waals surface area (Å²) in [5.41, 5.74) is 3.76. The van der Waals surface area contributed by atoms with Crippen LogP contribution in [0.2, 0.25) is 0 Å². The number of thiophene rings is 1. The second kappa shape index (κ2) is 6.20. The maximum Gasteiger partial charge on any atom is 0.163 e. The molecule has 5 rings (SSSR count). The van der Waals surface area contributed by atoms with E-state index in [2.05, 4.69) is 87.5 Å². The smallest absolute Gasteiger partial charge is 0.163 e. The van der Waals surface area contributed by atoms with Crippen molar-refractivity contribution in [3.8, 4) is 0 Å². The Morgan fingerprint density at radius 3 is 2.67 bits per heavy atom. The lowest BCUT2D eigenvalue weighted by atomic mass is 9.75. The van der Waals surface area contributed by atoms with Crippen LogP contribution in [-0.2, 0) is 5.41 Å². The average Bonchev–Trinajstić information content (AvgIpc) is 3.32. The molecular formula is C22H22N4S. The lowest BCUT2D eigenvalue weighted by Gasteiger charge is -2.32. The van der Waals surface area contributed by atoms with Crippen LogP contribution in [0.15, 0.2) is 66.5 Å². The Hall–Kier alpha value is -2.66. The number of hydrogen-bond acceptors (Lipinski definition) is 5. The third-order valence-electron chi connectivity index (χ3n) is 5.98. The van der Waals surface area contributed by atoms with Crippen molar-refractivity contribution in [3.63, 3.8) is 0 Å². The number of nitrogens with zero attached hydrogens (tertiary/aromatic N) is 4. The highest BCUT2D eigenvalue weighted by Gasteiger charge is 2.43. The SMILES string of the molecule is CCC1(CC)C=CC2N(c3ccccc31)c1cncnc1N2c1cccs1. The van der Waals surface area contributed by atoms with Gasteiger partial charge in [-0.15, -0.1) is 11.3 Å². The number of para-hydroxylation sites is 1. The first kappa shape index (κ1) is 16.5. The normalized spacial score (nSPS) is 19.4. The van der Waals surface area contributed by atoms with Gasteiger partial charge in [0.25, 0.3) is 0 Å². The molecule has 2 aliphatic heterocycles. The van der Waals surface area contributed by atoms with E-state index in [9.17, 15) is 0 Å². The largest absolute Gasteiger partial charge is 0.312 e. The summed E-state index contributed by atoms with van der Waals surface area (Å²) in [6.45, 7) is 4.57. The lowest BCUT2D eigenvalue weighted by Crippen LogP contribution is -2.36. The summed E-state index contributed by atoms with van der Waals surface area (Å²) in [7, 11) is 0. The van der Waals surface area contributed by atoms with Crippen LogP contribution in [0.25, 0.3) is 0 Å². The number of fused-ring (bicyclic) bond motifs is 5. The van der Waals surface area contributed by atoms with E-state index in [-0.39, 0.29) is 11.6 Å². The van der Waals surface area contributed by atoms with E-state index in [1.165, 1.54) is 16.3 Å². The molecule has 0 saturated heterocycles. The molecule has 0 bridgehead atoms. The summed E-state index contributed by atoms with van der Waals surface area (Å²) >= 11 is 1.74. The van der Waals surface area contributed by atoms with Crippen LogP contribution in [0.1, 0.15) is 32.3 Å². The van der Waals surface area contributed by atoms with Gasteiger partial charge in [-0.25, -0.2) is 9.97 Å². The highest BCUT2D eigenvalue weighted by Crippen LogP contribution is 2.52. The van der Waals surface area contributed by atoms with Gasteiger partial charge in [-0.1, -0.05) is 38.1 Å². The zero-order valence-corrected chi connectivity index (χ0v) is 16.4. The Labute approximate surface area is 163 Å². The van der Waals surface area contributed by atoms with Gasteiger partial charge in [0.05, 0.1) is 11.2 Å². The minimum Gasteiger partial charge on any atom is -0.312 e. The van der Waals surface area contributed by atoms with Crippen molar-refractivity contribution in [1.29, 1.82) is 0 Å². The summed E-state index contributed by atoms with van der Waals surface area (Å²) < 4.78 is 0. The molecular weight excluding hydrogens is 352 g/mol. The van der Waals surface area contributed by atoms with E-state index < -0.39 is 0 Å². The third kappa shape index (κ3) is 2.28. The van der Waals surface area contributed by atoms with Crippen LogP contribution in [0, 0.1) is 0 Å². The number of aromatic nitrogens is 2. The van der Waals surface area contributed by atoms with E-state index >= 15 is 0 Å². The molecule has 0 fully saturated rings. The van der Waals surface area contributed by atoms with Crippen molar-refractivity contribution < 1.29 is 0 Å². The molecule has 4 heterocycles. The van der Waals surface area contributed by atoms with Crippen LogP contribution in [0.3, 0.4) is 0 Å². The highest BCUT2D eigenvalue weighted by molar-refractivity contribution is 7.14. The molecule has 1 aromatic carbocycles. The maximum atomic E-state index is 4.65. The fourth-order valence-electron chi connectivity index (χ4n) is 4.47. The standard InChI is InChI=1S/C22H22N4S/c1-3-22(4-2)12-11-19-25(17-9-6-5-8-16(17)22)18-14-23-15-24-21(18)26(19)20-10-7-13-27-20/h5-15,19H,3-4H2,1-2H3. The van der Waals surface area contributed by atoms with Crippen molar-refractivity contribution in [2.75, 3.05) is 9.80 Å². The first-order chi connectivity index (χ1) is 13.3. The molecule has 0 radical (unpaired) electrons. The van der Waals surface area contributed by atoms with Crippen molar-refractivity contribution in [2.45, 2.75) is 38.3 Å². The van der Waals surface area contributed by atoms with Crippen molar-refractivity contribution >= 4 is 33.5 Å². The van der Waals surface area contributed by atoms with Gasteiger partial charge in [0.1, 0.15) is 18.2 Å². The number of hydrogen-bond donors (Lipinski definition) is 0.